The molecule has 1 aliphatic rings. The van der Waals surface area contributed by atoms with E-state index in [1.807, 2.05) is 72.8 Å². The van der Waals surface area contributed by atoms with Gasteiger partial charge in [0.15, 0.2) is 0 Å². The fourth-order valence-corrected chi connectivity index (χ4v) is 3.60. The summed E-state index contributed by atoms with van der Waals surface area (Å²) in [7, 11) is 0. The highest BCUT2D eigenvalue weighted by Crippen LogP contribution is 2.28. The van der Waals surface area contributed by atoms with Gasteiger partial charge in [-0.15, -0.1) is 0 Å². The van der Waals surface area contributed by atoms with E-state index in [0.717, 1.165) is 16.7 Å². The summed E-state index contributed by atoms with van der Waals surface area (Å²) >= 11 is 0. The van der Waals surface area contributed by atoms with Crippen molar-refractivity contribution in [2.24, 2.45) is 0 Å². The maximum Gasteiger partial charge on any atom is 0.332 e. The maximum atomic E-state index is 12.9. The Bertz CT molecular complexity index is 1100. The van der Waals surface area contributed by atoms with Crippen LogP contribution in [0.5, 0.6) is 0 Å². The Morgan fingerprint density at radius 2 is 1.55 bits per heavy atom. The van der Waals surface area contributed by atoms with Gasteiger partial charge in [-0.3, -0.25) is 14.6 Å². The van der Waals surface area contributed by atoms with E-state index >= 15 is 0 Å². The van der Waals surface area contributed by atoms with Crippen molar-refractivity contribution in [1.82, 2.24) is 4.90 Å². The Morgan fingerprint density at radius 1 is 0.897 bits per heavy atom. The number of carbonyl (C=O) groups is 2. The fourth-order valence-electron chi connectivity index (χ4n) is 3.60. The lowest BCUT2D eigenvalue weighted by molar-refractivity contribution is -0.127. The Balaban J connectivity index is 1.56. The van der Waals surface area contributed by atoms with Gasteiger partial charge in [0.1, 0.15) is 6.04 Å². The second-order valence-electron chi connectivity index (χ2n) is 6.94. The van der Waals surface area contributed by atoms with Gasteiger partial charge in [0.2, 0.25) is 0 Å². The second-order valence-corrected chi connectivity index (χ2v) is 6.94. The monoisotopic (exact) mass is 381 g/mol. The smallest absolute Gasteiger partial charge is 0.282 e. The molecule has 0 unspecified atom stereocenters. The topological polar surface area (TPSA) is 64.4 Å². The summed E-state index contributed by atoms with van der Waals surface area (Å²) < 4.78 is 0. The zero-order valence-electron chi connectivity index (χ0n) is 15.9. The van der Waals surface area contributed by atoms with Crippen molar-refractivity contribution in [2.45, 2.75) is 19.5 Å². The van der Waals surface area contributed by atoms with E-state index in [2.05, 4.69) is 6.07 Å². The van der Waals surface area contributed by atoms with E-state index in [0.29, 0.717) is 11.3 Å². The van der Waals surface area contributed by atoms with Gasteiger partial charge in [0.05, 0.1) is 18.2 Å². The third-order valence-corrected chi connectivity index (χ3v) is 5.14. The molecule has 1 aliphatic heterocycles. The highest BCUT2D eigenvalue weighted by Gasteiger charge is 2.43. The molecular weight excluding hydrogens is 362 g/mol. The van der Waals surface area contributed by atoms with Crippen LogP contribution in [0.4, 0.5) is 10.5 Å². The van der Waals surface area contributed by atoms with E-state index in [9.17, 15) is 14.9 Å². The molecule has 0 aromatic heterocycles. The summed E-state index contributed by atoms with van der Waals surface area (Å²) in [5, 5.41) is 9.29. The zero-order valence-corrected chi connectivity index (χ0v) is 15.9. The van der Waals surface area contributed by atoms with Gasteiger partial charge >= 0.3 is 6.03 Å². The molecule has 29 heavy (non-hydrogen) atoms. The lowest BCUT2D eigenvalue weighted by Gasteiger charge is -2.19. The van der Waals surface area contributed by atoms with E-state index < -0.39 is 6.04 Å². The summed E-state index contributed by atoms with van der Waals surface area (Å²) in [5.41, 5.74) is 3.96. The molecular formula is C24H19N3O2. The molecule has 1 atom stereocenters. The predicted octanol–water partition coefficient (Wildman–Crippen LogP) is 4.58. The highest BCUT2D eigenvalue weighted by atomic mass is 16.2. The summed E-state index contributed by atoms with van der Waals surface area (Å²) in [6, 6.07) is 25.6. The summed E-state index contributed by atoms with van der Waals surface area (Å²) in [6.45, 7) is 1.96. The van der Waals surface area contributed by atoms with E-state index in [1.165, 1.54) is 9.80 Å². The van der Waals surface area contributed by atoms with Crippen LogP contribution in [0.1, 0.15) is 18.1 Å². The van der Waals surface area contributed by atoms with Gasteiger partial charge in [0, 0.05) is 5.69 Å². The Hall–Kier alpha value is -3.91. The van der Waals surface area contributed by atoms with E-state index in [4.69, 9.17) is 0 Å². The minimum absolute atomic E-state index is 0.210. The van der Waals surface area contributed by atoms with Crippen LogP contribution >= 0.6 is 0 Å². The van der Waals surface area contributed by atoms with Crippen molar-refractivity contribution in [3.8, 4) is 17.2 Å². The first kappa shape index (κ1) is 18.5. The van der Waals surface area contributed by atoms with Crippen LogP contribution in [0.3, 0.4) is 0 Å². The largest absolute Gasteiger partial charge is 0.332 e. The van der Waals surface area contributed by atoms with Crippen LogP contribution in [0.15, 0.2) is 78.9 Å². The van der Waals surface area contributed by atoms with E-state index in [1.54, 1.807) is 13.0 Å². The number of anilines is 1. The summed E-state index contributed by atoms with van der Waals surface area (Å²) in [4.78, 5) is 28.4. The SMILES string of the molecule is C[C@H]1C(=O)N(Cc2ccc(-c3ccccc3C#N)cc2)C(=O)N1c1ccccc1. The third-order valence-electron chi connectivity index (χ3n) is 5.14. The molecule has 0 spiro atoms. The summed E-state index contributed by atoms with van der Waals surface area (Å²) in [6.07, 6.45) is 0. The minimum Gasteiger partial charge on any atom is -0.282 e. The summed E-state index contributed by atoms with van der Waals surface area (Å²) in [5.74, 6) is -0.210. The molecule has 0 bridgehead atoms. The predicted molar refractivity (Wildman–Crippen MR) is 111 cm³/mol. The molecule has 1 fully saturated rings. The molecule has 3 aromatic rings. The van der Waals surface area contributed by atoms with Crippen LogP contribution < -0.4 is 4.90 Å². The molecule has 1 heterocycles. The highest BCUT2D eigenvalue weighted by molar-refractivity contribution is 6.13. The lowest BCUT2D eigenvalue weighted by Crippen LogP contribution is -2.33. The number of para-hydroxylation sites is 1. The van der Waals surface area contributed by atoms with Gasteiger partial charge in [-0.25, -0.2) is 4.79 Å². The van der Waals surface area contributed by atoms with Crippen molar-refractivity contribution < 1.29 is 9.59 Å². The normalized spacial score (nSPS) is 16.2. The number of rotatable bonds is 4. The number of nitrogens with zero attached hydrogens (tertiary/aromatic N) is 3. The van der Waals surface area contributed by atoms with Gasteiger partial charge < -0.3 is 0 Å². The fraction of sp³-hybridized carbons (Fsp3) is 0.125. The number of imide groups is 1. The molecule has 3 aromatic carbocycles. The number of benzene rings is 3. The number of hydrogen-bond donors (Lipinski definition) is 0. The number of carbonyl (C=O) groups excluding carboxylic acids is 2. The number of nitriles is 1. The van der Waals surface area contributed by atoms with Crippen LogP contribution in [0, 0.1) is 11.3 Å². The Kier molecular flexibility index (Phi) is 4.84. The average Bonchev–Trinajstić information content (AvgIpc) is 2.98. The van der Waals surface area contributed by atoms with Gasteiger partial charge in [-0.1, -0.05) is 60.7 Å². The molecule has 5 nitrogen and oxygen atoms in total. The van der Waals surface area contributed by atoms with Crippen LogP contribution in [-0.2, 0) is 11.3 Å². The quantitative estimate of drug-likeness (QED) is 0.621. The van der Waals surface area contributed by atoms with E-state index in [-0.39, 0.29) is 18.5 Å². The second kappa shape index (κ2) is 7.61. The number of amides is 3. The first-order chi connectivity index (χ1) is 14.1. The molecule has 4 rings (SSSR count). The molecule has 0 aliphatic carbocycles. The first-order valence-corrected chi connectivity index (χ1v) is 9.38. The Labute approximate surface area is 169 Å². The molecule has 1 saturated heterocycles. The van der Waals surface area contributed by atoms with Crippen molar-refractivity contribution >= 4 is 17.6 Å². The molecule has 0 N–H and O–H groups in total. The number of urea groups is 1. The zero-order chi connectivity index (χ0) is 20.4. The third kappa shape index (κ3) is 3.37. The van der Waals surface area contributed by atoms with Crippen LogP contribution in [0.2, 0.25) is 0 Å². The van der Waals surface area contributed by atoms with Crippen molar-refractivity contribution in [3.05, 3.63) is 90.0 Å². The average molecular weight is 381 g/mol. The molecule has 142 valence electrons. The van der Waals surface area contributed by atoms with Crippen molar-refractivity contribution in [2.75, 3.05) is 4.90 Å². The van der Waals surface area contributed by atoms with Crippen molar-refractivity contribution in [3.63, 3.8) is 0 Å². The maximum absolute atomic E-state index is 12.9. The first-order valence-electron chi connectivity index (χ1n) is 9.38. The lowest BCUT2D eigenvalue weighted by atomic mass is 9.99. The molecule has 0 saturated carbocycles. The molecule has 5 heteroatoms. The van der Waals surface area contributed by atoms with Gasteiger partial charge in [-0.05, 0) is 41.8 Å². The van der Waals surface area contributed by atoms with Gasteiger partial charge in [-0.2, -0.15) is 5.26 Å². The Morgan fingerprint density at radius 3 is 2.24 bits per heavy atom. The number of hydrogen-bond acceptors (Lipinski definition) is 3. The molecule has 3 amide bonds. The molecule has 0 radical (unpaired) electrons. The van der Waals surface area contributed by atoms with Crippen LogP contribution in [0.25, 0.3) is 11.1 Å². The standard InChI is InChI=1S/C24H19N3O2/c1-17-23(28)26(24(29)27(17)21-8-3-2-4-9-21)16-18-11-13-19(14-12-18)22-10-6-5-7-20(22)15-25/h2-14,17H,16H2,1H3/t17-/m0/s1. The minimum atomic E-state index is -0.535. The van der Waals surface area contributed by atoms with Crippen molar-refractivity contribution in [1.29, 1.82) is 5.26 Å². The van der Waals surface area contributed by atoms with Gasteiger partial charge in [0.25, 0.3) is 5.91 Å². The van der Waals surface area contributed by atoms with Crippen LogP contribution in [-0.4, -0.2) is 22.9 Å².